The Balaban J connectivity index is 2.08. The van der Waals surface area contributed by atoms with Gasteiger partial charge in [-0.2, -0.15) is 0 Å². The molecule has 1 saturated heterocycles. The number of hydrogen-bond acceptors (Lipinski definition) is 2. The highest BCUT2D eigenvalue weighted by Crippen LogP contribution is 2.08. The van der Waals surface area contributed by atoms with E-state index in [0.717, 1.165) is 19.6 Å². The maximum Gasteiger partial charge on any atom is 0.250 e. The van der Waals surface area contributed by atoms with Crippen molar-refractivity contribution in [3.63, 3.8) is 0 Å². The lowest BCUT2D eigenvalue weighted by atomic mass is 10.1. The van der Waals surface area contributed by atoms with E-state index in [1.807, 2.05) is 12.3 Å². The summed E-state index contributed by atoms with van der Waals surface area (Å²) in [5.41, 5.74) is 0.106. The normalized spacial score (nSPS) is 22.0. The van der Waals surface area contributed by atoms with Gasteiger partial charge >= 0.3 is 0 Å². The Morgan fingerprint density at radius 2 is 2.46 bits per heavy atom. The second-order valence-electron chi connectivity index (χ2n) is 3.55. The first-order chi connectivity index (χ1) is 6.36. The Morgan fingerprint density at radius 3 is 3.15 bits per heavy atom. The summed E-state index contributed by atoms with van der Waals surface area (Å²) in [5.74, 6) is 0.625. The molecule has 0 amide bonds. The molecule has 3 nitrogen and oxygen atoms in total. The van der Waals surface area contributed by atoms with Gasteiger partial charge in [-0.05, 0) is 31.5 Å². The topological polar surface area (TPSA) is 34.0 Å². The van der Waals surface area contributed by atoms with E-state index >= 15 is 0 Å². The van der Waals surface area contributed by atoms with E-state index in [1.165, 1.54) is 6.42 Å². The smallest absolute Gasteiger partial charge is 0.250 e. The van der Waals surface area contributed by atoms with Crippen LogP contribution in [0.2, 0.25) is 0 Å². The lowest BCUT2D eigenvalue weighted by molar-refractivity contribution is 0.472. The Labute approximate surface area is 77.4 Å². The van der Waals surface area contributed by atoms with Crippen molar-refractivity contribution in [3.05, 3.63) is 34.7 Å². The molecule has 1 N–H and O–H groups in total. The van der Waals surface area contributed by atoms with Crippen molar-refractivity contribution in [1.82, 2.24) is 9.88 Å². The van der Waals surface area contributed by atoms with Gasteiger partial charge in [-0.1, -0.05) is 6.07 Å². The molecule has 70 valence electrons. The van der Waals surface area contributed by atoms with Gasteiger partial charge in [-0.15, -0.1) is 0 Å². The van der Waals surface area contributed by atoms with Gasteiger partial charge in [0.2, 0.25) is 0 Å². The van der Waals surface area contributed by atoms with E-state index in [-0.39, 0.29) is 5.56 Å². The molecule has 0 spiro atoms. The molecule has 0 aromatic carbocycles. The number of nitrogens with zero attached hydrogens (tertiary/aromatic N) is 1. The Hall–Kier alpha value is -1.09. The maximum absolute atomic E-state index is 11.3. The number of rotatable bonds is 2. The zero-order valence-electron chi connectivity index (χ0n) is 7.57. The van der Waals surface area contributed by atoms with E-state index in [4.69, 9.17) is 0 Å². The van der Waals surface area contributed by atoms with Crippen molar-refractivity contribution in [2.45, 2.75) is 13.0 Å². The summed E-state index contributed by atoms with van der Waals surface area (Å²) in [6.07, 6.45) is 3.04. The zero-order valence-corrected chi connectivity index (χ0v) is 7.57. The summed E-state index contributed by atoms with van der Waals surface area (Å²) in [6.45, 7) is 2.99. The summed E-state index contributed by atoms with van der Waals surface area (Å²) in [7, 11) is 0. The third-order valence-electron chi connectivity index (χ3n) is 2.52. The molecule has 2 rings (SSSR count). The number of pyridine rings is 1. The standard InChI is InChI=1S/C10H14N2O/c13-10-3-1-2-6-12(10)8-9-4-5-11-7-9/h1-3,6,9,11H,4-5,7-8H2. The van der Waals surface area contributed by atoms with Gasteiger partial charge in [0.25, 0.3) is 5.56 Å². The molecule has 1 aliphatic heterocycles. The van der Waals surface area contributed by atoms with Crippen molar-refractivity contribution in [2.24, 2.45) is 5.92 Å². The second kappa shape index (κ2) is 3.75. The van der Waals surface area contributed by atoms with Crippen molar-refractivity contribution in [2.75, 3.05) is 13.1 Å². The van der Waals surface area contributed by atoms with E-state index < -0.39 is 0 Å². The van der Waals surface area contributed by atoms with E-state index in [2.05, 4.69) is 5.32 Å². The highest BCUT2D eigenvalue weighted by Gasteiger charge is 2.14. The third kappa shape index (κ3) is 1.98. The first-order valence-electron chi connectivity index (χ1n) is 4.72. The Kier molecular flexibility index (Phi) is 2.45. The van der Waals surface area contributed by atoms with Gasteiger partial charge in [0.05, 0.1) is 0 Å². The molecule has 0 bridgehead atoms. The lowest BCUT2D eigenvalue weighted by Crippen LogP contribution is -2.23. The first kappa shape index (κ1) is 8.51. The summed E-state index contributed by atoms with van der Waals surface area (Å²) in [5, 5.41) is 3.30. The molecule has 0 saturated carbocycles. The minimum Gasteiger partial charge on any atom is -0.316 e. The van der Waals surface area contributed by atoms with Crippen molar-refractivity contribution in [3.8, 4) is 0 Å². The van der Waals surface area contributed by atoms with Crippen LogP contribution in [0.25, 0.3) is 0 Å². The van der Waals surface area contributed by atoms with Crippen LogP contribution in [0.4, 0.5) is 0 Å². The summed E-state index contributed by atoms with van der Waals surface area (Å²) >= 11 is 0. The third-order valence-corrected chi connectivity index (χ3v) is 2.52. The van der Waals surface area contributed by atoms with Gasteiger partial charge < -0.3 is 9.88 Å². The fraction of sp³-hybridized carbons (Fsp3) is 0.500. The molecule has 3 heteroatoms. The van der Waals surface area contributed by atoms with Crippen LogP contribution in [0.3, 0.4) is 0 Å². The number of hydrogen-bond donors (Lipinski definition) is 1. The molecule has 1 aromatic heterocycles. The summed E-state index contributed by atoms with van der Waals surface area (Å²) in [4.78, 5) is 11.3. The van der Waals surface area contributed by atoms with Gasteiger partial charge in [0.1, 0.15) is 0 Å². The number of aromatic nitrogens is 1. The summed E-state index contributed by atoms with van der Waals surface area (Å²) < 4.78 is 1.79. The summed E-state index contributed by atoms with van der Waals surface area (Å²) in [6, 6.07) is 5.30. The maximum atomic E-state index is 11.3. The van der Waals surface area contributed by atoms with E-state index in [1.54, 1.807) is 16.7 Å². The predicted molar refractivity (Wildman–Crippen MR) is 51.7 cm³/mol. The first-order valence-corrected chi connectivity index (χ1v) is 4.72. The molecule has 2 heterocycles. The minimum absolute atomic E-state index is 0.106. The zero-order chi connectivity index (χ0) is 9.10. The van der Waals surface area contributed by atoms with E-state index in [9.17, 15) is 4.79 Å². The Morgan fingerprint density at radius 1 is 1.54 bits per heavy atom. The van der Waals surface area contributed by atoms with Crippen LogP contribution in [0.15, 0.2) is 29.2 Å². The van der Waals surface area contributed by atoms with Crippen molar-refractivity contribution >= 4 is 0 Å². The van der Waals surface area contributed by atoms with Crippen LogP contribution in [-0.2, 0) is 6.54 Å². The van der Waals surface area contributed by atoms with Gasteiger partial charge in [-0.3, -0.25) is 4.79 Å². The molecule has 1 aliphatic rings. The van der Waals surface area contributed by atoms with E-state index in [0.29, 0.717) is 5.92 Å². The second-order valence-corrected chi connectivity index (χ2v) is 3.55. The van der Waals surface area contributed by atoms with Crippen LogP contribution in [-0.4, -0.2) is 17.7 Å². The average Bonchev–Trinajstić information content (AvgIpc) is 2.61. The lowest BCUT2D eigenvalue weighted by Gasteiger charge is -2.09. The molecular weight excluding hydrogens is 164 g/mol. The van der Waals surface area contributed by atoms with Crippen LogP contribution >= 0.6 is 0 Å². The van der Waals surface area contributed by atoms with Crippen LogP contribution in [0.1, 0.15) is 6.42 Å². The number of nitrogens with one attached hydrogen (secondary N) is 1. The van der Waals surface area contributed by atoms with Gasteiger partial charge in [0.15, 0.2) is 0 Å². The molecule has 0 radical (unpaired) electrons. The Bertz CT molecular complexity index is 326. The van der Waals surface area contributed by atoms with Crippen LogP contribution in [0, 0.1) is 5.92 Å². The molecule has 1 unspecified atom stereocenters. The molecule has 0 aliphatic carbocycles. The SMILES string of the molecule is O=c1ccccn1CC1CCNC1. The minimum atomic E-state index is 0.106. The molecule has 1 atom stereocenters. The average molecular weight is 178 g/mol. The highest BCUT2D eigenvalue weighted by molar-refractivity contribution is 4.93. The van der Waals surface area contributed by atoms with Gasteiger partial charge in [0, 0.05) is 18.8 Å². The van der Waals surface area contributed by atoms with Crippen LogP contribution < -0.4 is 10.9 Å². The fourth-order valence-electron chi connectivity index (χ4n) is 1.76. The predicted octanol–water partition coefficient (Wildman–Crippen LogP) is 0.458. The molecular formula is C10H14N2O. The fourth-order valence-corrected chi connectivity index (χ4v) is 1.76. The van der Waals surface area contributed by atoms with Crippen molar-refractivity contribution in [1.29, 1.82) is 0 Å². The van der Waals surface area contributed by atoms with Crippen LogP contribution in [0.5, 0.6) is 0 Å². The molecule has 13 heavy (non-hydrogen) atoms. The van der Waals surface area contributed by atoms with Crippen molar-refractivity contribution < 1.29 is 0 Å². The quantitative estimate of drug-likeness (QED) is 0.713. The monoisotopic (exact) mass is 178 g/mol. The largest absolute Gasteiger partial charge is 0.316 e. The molecule has 1 aromatic rings. The highest BCUT2D eigenvalue weighted by atomic mass is 16.1. The molecule has 1 fully saturated rings. The van der Waals surface area contributed by atoms with Gasteiger partial charge in [-0.25, -0.2) is 0 Å².